The van der Waals surface area contributed by atoms with E-state index in [0.29, 0.717) is 5.92 Å². The predicted octanol–water partition coefficient (Wildman–Crippen LogP) is 2.44. The zero-order valence-corrected chi connectivity index (χ0v) is 11.7. The largest absolute Gasteiger partial charge is 0.348 e. The standard InChI is InChI=1S/C16H23N3/c1-2-19-8-6-15-4-3-13(9-16(15)19)11-18-7-5-14(10-17)12-18/h3-4,6,8-9,14H,2,5,7,10-12,17H2,1H3/t14-/m1/s1. The third kappa shape index (κ3) is 2.53. The highest BCUT2D eigenvalue weighted by Gasteiger charge is 2.21. The van der Waals surface area contributed by atoms with Crippen LogP contribution in [0.5, 0.6) is 0 Å². The normalized spacial score (nSPS) is 20.4. The molecular weight excluding hydrogens is 234 g/mol. The summed E-state index contributed by atoms with van der Waals surface area (Å²) in [6.45, 7) is 7.46. The van der Waals surface area contributed by atoms with Gasteiger partial charge in [0.2, 0.25) is 0 Å². The molecule has 1 atom stereocenters. The van der Waals surface area contributed by atoms with Crippen molar-refractivity contribution in [1.82, 2.24) is 9.47 Å². The van der Waals surface area contributed by atoms with E-state index in [1.807, 2.05) is 0 Å². The van der Waals surface area contributed by atoms with Crippen LogP contribution in [0.1, 0.15) is 18.9 Å². The molecule has 1 aliphatic heterocycles. The second-order valence-corrected chi connectivity index (χ2v) is 5.62. The SMILES string of the molecule is CCn1ccc2ccc(CN3CC[C@H](CN)C3)cc21. The maximum Gasteiger partial charge on any atom is 0.0483 e. The first kappa shape index (κ1) is 12.7. The average molecular weight is 257 g/mol. The molecule has 3 heteroatoms. The summed E-state index contributed by atoms with van der Waals surface area (Å²) in [7, 11) is 0. The molecule has 0 unspecified atom stereocenters. The van der Waals surface area contributed by atoms with Gasteiger partial charge < -0.3 is 10.3 Å². The molecule has 0 saturated carbocycles. The highest BCUT2D eigenvalue weighted by Crippen LogP contribution is 2.21. The van der Waals surface area contributed by atoms with Crippen LogP contribution in [-0.2, 0) is 13.1 Å². The molecule has 1 saturated heterocycles. The monoisotopic (exact) mass is 257 g/mol. The van der Waals surface area contributed by atoms with Crippen molar-refractivity contribution in [3.05, 3.63) is 36.0 Å². The van der Waals surface area contributed by atoms with Crippen molar-refractivity contribution in [2.75, 3.05) is 19.6 Å². The number of rotatable bonds is 4. The minimum absolute atomic E-state index is 0.697. The third-order valence-electron chi connectivity index (χ3n) is 4.29. The topological polar surface area (TPSA) is 34.2 Å². The minimum atomic E-state index is 0.697. The number of likely N-dealkylation sites (tertiary alicyclic amines) is 1. The summed E-state index contributed by atoms with van der Waals surface area (Å²) in [6, 6.07) is 9.04. The first-order valence-electron chi connectivity index (χ1n) is 7.30. The van der Waals surface area contributed by atoms with Gasteiger partial charge >= 0.3 is 0 Å². The van der Waals surface area contributed by atoms with Gasteiger partial charge in [0.15, 0.2) is 0 Å². The van der Waals surface area contributed by atoms with Gasteiger partial charge in [-0.3, -0.25) is 4.90 Å². The highest BCUT2D eigenvalue weighted by atomic mass is 15.1. The first-order valence-corrected chi connectivity index (χ1v) is 7.30. The summed E-state index contributed by atoms with van der Waals surface area (Å²) in [6.07, 6.45) is 3.43. The van der Waals surface area contributed by atoms with Gasteiger partial charge in [-0.25, -0.2) is 0 Å². The zero-order chi connectivity index (χ0) is 13.2. The molecule has 3 rings (SSSR count). The molecule has 0 bridgehead atoms. The number of fused-ring (bicyclic) bond motifs is 1. The number of hydrogen-bond acceptors (Lipinski definition) is 2. The van der Waals surface area contributed by atoms with Crippen LogP contribution in [0.2, 0.25) is 0 Å². The fraction of sp³-hybridized carbons (Fsp3) is 0.500. The van der Waals surface area contributed by atoms with Crippen molar-refractivity contribution < 1.29 is 0 Å². The van der Waals surface area contributed by atoms with E-state index in [2.05, 4.69) is 46.9 Å². The van der Waals surface area contributed by atoms with E-state index in [-0.39, 0.29) is 0 Å². The van der Waals surface area contributed by atoms with Gasteiger partial charge in [-0.15, -0.1) is 0 Å². The van der Waals surface area contributed by atoms with Crippen LogP contribution in [0, 0.1) is 5.92 Å². The number of benzene rings is 1. The second-order valence-electron chi connectivity index (χ2n) is 5.62. The van der Waals surface area contributed by atoms with E-state index in [1.54, 1.807) is 0 Å². The Morgan fingerprint density at radius 2 is 2.21 bits per heavy atom. The Kier molecular flexibility index (Phi) is 3.58. The molecule has 0 radical (unpaired) electrons. The maximum absolute atomic E-state index is 5.76. The average Bonchev–Trinajstić information content (AvgIpc) is 3.04. The third-order valence-corrected chi connectivity index (χ3v) is 4.29. The summed E-state index contributed by atoms with van der Waals surface area (Å²) in [5, 5.41) is 1.34. The number of aromatic nitrogens is 1. The molecule has 3 nitrogen and oxygen atoms in total. The van der Waals surface area contributed by atoms with E-state index in [4.69, 9.17) is 5.73 Å². The van der Waals surface area contributed by atoms with Gasteiger partial charge in [-0.05, 0) is 55.4 Å². The van der Waals surface area contributed by atoms with Gasteiger partial charge in [-0.2, -0.15) is 0 Å². The minimum Gasteiger partial charge on any atom is -0.348 e. The van der Waals surface area contributed by atoms with Crippen molar-refractivity contribution in [2.24, 2.45) is 11.7 Å². The molecule has 1 aromatic carbocycles. The van der Waals surface area contributed by atoms with Crippen LogP contribution >= 0.6 is 0 Å². The first-order chi connectivity index (χ1) is 9.30. The fourth-order valence-corrected chi connectivity index (χ4v) is 3.11. The van der Waals surface area contributed by atoms with Crippen molar-refractivity contribution in [3.8, 4) is 0 Å². The van der Waals surface area contributed by atoms with Gasteiger partial charge in [-0.1, -0.05) is 12.1 Å². The Balaban J connectivity index is 1.78. The lowest BCUT2D eigenvalue weighted by Gasteiger charge is -2.16. The lowest BCUT2D eigenvalue weighted by atomic mass is 10.1. The van der Waals surface area contributed by atoms with Crippen molar-refractivity contribution in [1.29, 1.82) is 0 Å². The molecule has 102 valence electrons. The van der Waals surface area contributed by atoms with Crippen LogP contribution in [0.25, 0.3) is 10.9 Å². The zero-order valence-electron chi connectivity index (χ0n) is 11.7. The molecule has 2 heterocycles. The molecule has 0 amide bonds. The van der Waals surface area contributed by atoms with E-state index >= 15 is 0 Å². The van der Waals surface area contributed by atoms with Crippen LogP contribution in [0.4, 0.5) is 0 Å². The van der Waals surface area contributed by atoms with Crippen LogP contribution in [0.15, 0.2) is 30.5 Å². The Morgan fingerprint density at radius 3 is 2.95 bits per heavy atom. The van der Waals surface area contributed by atoms with E-state index in [1.165, 1.54) is 29.4 Å². The van der Waals surface area contributed by atoms with Crippen LogP contribution in [0.3, 0.4) is 0 Å². The number of nitrogens with two attached hydrogens (primary N) is 1. The van der Waals surface area contributed by atoms with Crippen molar-refractivity contribution >= 4 is 10.9 Å². The van der Waals surface area contributed by atoms with Crippen molar-refractivity contribution in [3.63, 3.8) is 0 Å². The van der Waals surface area contributed by atoms with Gasteiger partial charge in [0.05, 0.1) is 0 Å². The number of hydrogen-bond donors (Lipinski definition) is 1. The molecular formula is C16H23N3. The lowest BCUT2D eigenvalue weighted by molar-refractivity contribution is 0.318. The summed E-state index contributed by atoms with van der Waals surface area (Å²) in [5.41, 5.74) is 8.53. The smallest absolute Gasteiger partial charge is 0.0483 e. The van der Waals surface area contributed by atoms with Crippen LogP contribution in [-0.4, -0.2) is 29.1 Å². The molecule has 19 heavy (non-hydrogen) atoms. The van der Waals surface area contributed by atoms with E-state index in [0.717, 1.165) is 26.2 Å². The molecule has 1 aromatic heterocycles. The quantitative estimate of drug-likeness (QED) is 0.913. The molecule has 2 aromatic rings. The second kappa shape index (κ2) is 5.35. The van der Waals surface area contributed by atoms with Gasteiger partial charge in [0.25, 0.3) is 0 Å². The molecule has 1 fully saturated rings. The Bertz CT molecular complexity index is 558. The van der Waals surface area contributed by atoms with E-state index < -0.39 is 0 Å². The maximum atomic E-state index is 5.76. The summed E-state index contributed by atoms with van der Waals surface area (Å²) in [5.74, 6) is 0.697. The summed E-state index contributed by atoms with van der Waals surface area (Å²) < 4.78 is 2.31. The predicted molar refractivity (Wildman–Crippen MR) is 80.1 cm³/mol. The Hall–Kier alpha value is -1.32. The molecule has 1 aliphatic rings. The molecule has 2 N–H and O–H groups in total. The van der Waals surface area contributed by atoms with Gasteiger partial charge in [0, 0.05) is 31.3 Å². The summed E-state index contributed by atoms with van der Waals surface area (Å²) in [4.78, 5) is 2.53. The Morgan fingerprint density at radius 1 is 1.32 bits per heavy atom. The Labute approximate surface area is 115 Å². The number of nitrogens with zero attached hydrogens (tertiary/aromatic N) is 2. The molecule has 0 spiro atoms. The van der Waals surface area contributed by atoms with E-state index in [9.17, 15) is 0 Å². The van der Waals surface area contributed by atoms with Crippen LogP contribution < -0.4 is 5.73 Å². The lowest BCUT2D eigenvalue weighted by Crippen LogP contribution is -2.22. The highest BCUT2D eigenvalue weighted by molar-refractivity contribution is 5.80. The summed E-state index contributed by atoms with van der Waals surface area (Å²) >= 11 is 0. The fourth-order valence-electron chi connectivity index (χ4n) is 3.11. The van der Waals surface area contributed by atoms with Crippen molar-refractivity contribution in [2.45, 2.75) is 26.4 Å². The van der Waals surface area contributed by atoms with Gasteiger partial charge in [0.1, 0.15) is 0 Å². The number of aryl methyl sites for hydroxylation is 1. The molecule has 0 aliphatic carbocycles.